The topological polar surface area (TPSA) is 149 Å². The number of pyridine rings is 1. The van der Waals surface area contributed by atoms with Crippen LogP contribution in [0, 0.1) is 22.7 Å². The van der Waals surface area contributed by atoms with Gasteiger partial charge in [0.1, 0.15) is 11.8 Å². The minimum Gasteiger partial charge on any atom is -0.494 e. The van der Waals surface area contributed by atoms with Crippen molar-refractivity contribution in [2.24, 2.45) is 11.3 Å². The predicted molar refractivity (Wildman–Crippen MR) is 223 cm³/mol. The molecule has 1 spiro atoms. The number of nitrogens with one attached hydrogen (secondary N) is 2. The lowest BCUT2D eigenvalue weighted by atomic mass is 9.71. The van der Waals surface area contributed by atoms with E-state index in [4.69, 9.17) is 9.84 Å². The summed E-state index contributed by atoms with van der Waals surface area (Å²) in [4.78, 5) is 48.4. The Morgan fingerprint density at radius 3 is 2.38 bits per heavy atom. The Labute approximate surface area is 337 Å². The lowest BCUT2D eigenvalue weighted by Gasteiger charge is -2.48. The van der Waals surface area contributed by atoms with E-state index in [0.29, 0.717) is 52.9 Å². The molecule has 13 heteroatoms. The van der Waals surface area contributed by atoms with Crippen LogP contribution in [-0.4, -0.2) is 83.9 Å². The normalized spacial score (nSPS) is 21.2. The number of nitrogens with zero attached hydrogens (tertiary/aromatic N) is 7. The third kappa shape index (κ3) is 7.44. The molecule has 3 saturated heterocycles. The molecule has 4 fully saturated rings. The number of fused-ring (bicyclic) bond motifs is 2. The number of rotatable bonds is 8. The molecule has 58 heavy (non-hydrogen) atoms. The lowest BCUT2D eigenvalue weighted by Crippen LogP contribution is -2.49. The molecule has 3 aromatic carbocycles. The highest BCUT2D eigenvalue weighted by molar-refractivity contribution is 6.11. The molecule has 1 saturated carbocycles. The first-order valence-electron chi connectivity index (χ1n) is 20.6. The zero-order valence-electron chi connectivity index (χ0n) is 33.0. The third-order valence-electron chi connectivity index (χ3n) is 13.2. The van der Waals surface area contributed by atoms with Crippen molar-refractivity contribution < 1.29 is 19.1 Å². The number of anilines is 3. The smallest absolute Gasteiger partial charge is 0.328 e. The van der Waals surface area contributed by atoms with Crippen molar-refractivity contribution in [3.05, 3.63) is 84.3 Å². The van der Waals surface area contributed by atoms with Crippen molar-refractivity contribution in [3.63, 3.8) is 0 Å². The highest BCUT2D eigenvalue weighted by atomic mass is 16.5. The monoisotopic (exact) mass is 779 g/mol. The van der Waals surface area contributed by atoms with Gasteiger partial charge in [-0.2, -0.15) is 10.4 Å². The number of carbonyl (C=O) groups excluding carboxylic acids is 3. The van der Waals surface area contributed by atoms with E-state index in [1.165, 1.54) is 82.3 Å². The molecule has 2 N–H and O–H groups in total. The van der Waals surface area contributed by atoms with Gasteiger partial charge in [0.25, 0.3) is 5.91 Å². The zero-order valence-corrected chi connectivity index (χ0v) is 33.0. The number of likely N-dealkylation sites (tertiary alicyclic amines) is 1. The molecule has 0 atom stereocenters. The average molecular weight is 780 g/mol. The van der Waals surface area contributed by atoms with Gasteiger partial charge in [0, 0.05) is 79.1 Å². The van der Waals surface area contributed by atoms with Crippen LogP contribution < -0.4 is 25.2 Å². The Kier molecular flexibility index (Phi) is 10.2. The van der Waals surface area contributed by atoms with E-state index in [1.54, 1.807) is 12.0 Å². The number of hydrogen-bond donors (Lipinski definition) is 2. The standard InChI is InChI=1S/C45H49N9O4/c1-58-41-24-37-33(23-38(41)48-43(56)32-22-31(25-46)26-47-27-32)29-54(50-37)34-10-8-30(9-11-34)28-51-18-13-45(14-19-51)15-20-52(21-16-45)39-6-2-5-36-35(39)4-3-7-40(36)53-17-12-42(55)49-44(53)57/h2-7,22-24,26-27,29-30,34H,8-21,28H2,1H3,(H,48,56)(H,49,55,57)/t30-,34-. The van der Waals surface area contributed by atoms with Gasteiger partial charge < -0.3 is 19.9 Å². The van der Waals surface area contributed by atoms with Crippen molar-refractivity contribution in [1.29, 1.82) is 5.26 Å². The molecule has 5 aromatic rings. The summed E-state index contributed by atoms with van der Waals surface area (Å²) in [7, 11) is 1.58. The van der Waals surface area contributed by atoms with Crippen molar-refractivity contribution in [3.8, 4) is 11.8 Å². The maximum Gasteiger partial charge on any atom is 0.328 e. The number of carbonyl (C=O) groups is 3. The Balaban J connectivity index is 0.768. The molecule has 5 heterocycles. The van der Waals surface area contributed by atoms with Gasteiger partial charge in [-0.15, -0.1) is 0 Å². The number of piperidine rings is 2. The molecule has 4 aliphatic rings. The van der Waals surface area contributed by atoms with E-state index in [0.717, 1.165) is 53.3 Å². The van der Waals surface area contributed by atoms with Gasteiger partial charge in [-0.25, -0.2) is 4.79 Å². The number of ether oxygens (including phenoxy) is 1. The van der Waals surface area contributed by atoms with Gasteiger partial charge in [-0.3, -0.25) is 29.5 Å². The van der Waals surface area contributed by atoms with E-state index < -0.39 is 0 Å². The van der Waals surface area contributed by atoms with Crippen LogP contribution >= 0.6 is 0 Å². The molecule has 4 amide bonds. The average Bonchev–Trinajstić information content (AvgIpc) is 3.67. The van der Waals surface area contributed by atoms with Gasteiger partial charge in [0.15, 0.2) is 0 Å². The van der Waals surface area contributed by atoms with Gasteiger partial charge in [0.2, 0.25) is 5.91 Å². The number of aromatic nitrogens is 3. The summed E-state index contributed by atoms with van der Waals surface area (Å²) in [5.74, 6) is 0.644. The number of hydrogen-bond acceptors (Lipinski definition) is 9. The molecular formula is C45H49N9O4. The first kappa shape index (κ1) is 37.6. The highest BCUT2D eigenvalue weighted by Crippen LogP contribution is 2.44. The molecule has 0 unspecified atom stereocenters. The van der Waals surface area contributed by atoms with E-state index in [1.807, 2.05) is 30.3 Å². The summed E-state index contributed by atoms with van der Waals surface area (Å²) in [5, 5.41) is 22.7. The SMILES string of the molecule is COc1cc2nn([C@H]3CC[C@H](CN4CCC5(CC4)CCN(c4cccc6c(N7CCC(=O)NC7=O)cccc46)CC5)CC3)cc2cc1NC(=O)c1cncc(C#N)c1. The molecular weight excluding hydrogens is 731 g/mol. The molecule has 298 valence electrons. The fraction of sp³-hybridized carbons (Fsp3) is 0.422. The summed E-state index contributed by atoms with van der Waals surface area (Å²) in [5.41, 5.74) is 4.49. The van der Waals surface area contributed by atoms with E-state index in [9.17, 15) is 19.6 Å². The second-order valence-corrected chi connectivity index (χ2v) is 16.6. The zero-order chi connectivity index (χ0) is 39.8. The molecule has 2 aromatic heterocycles. The maximum absolute atomic E-state index is 13.0. The number of amides is 4. The Morgan fingerprint density at radius 2 is 1.66 bits per heavy atom. The Bertz CT molecular complexity index is 2410. The van der Waals surface area contributed by atoms with Crippen molar-refractivity contribution in [2.75, 3.05) is 61.5 Å². The van der Waals surface area contributed by atoms with E-state index >= 15 is 0 Å². The quantitative estimate of drug-likeness (QED) is 0.166. The summed E-state index contributed by atoms with van der Waals surface area (Å²) in [6.07, 6.45) is 14.7. The summed E-state index contributed by atoms with van der Waals surface area (Å²) < 4.78 is 7.73. The predicted octanol–water partition coefficient (Wildman–Crippen LogP) is 7.28. The molecule has 13 nitrogen and oxygen atoms in total. The van der Waals surface area contributed by atoms with Crippen LogP contribution in [0.3, 0.4) is 0 Å². The van der Waals surface area contributed by atoms with Crippen LogP contribution in [0.4, 0.5) is 21.9 Å². The number of imide groups is 1. The highest BCUT2D eigenvalue weighted by Gasteiger charge is 2.38. The molecule has 0 bridgehead atoms. The summed E-state index contributed by atoms with van der Waals surface area (Å²) >= 11 is 0. The minimum atomic E-state index is -0.359. The largest absolute Gasteiger partial charge is 0.494 e. The summed E-state index contributed by atoms with van der Waals surface area (Å²) in [6.45, 7) is 5.97. The van der Waals surface area contributed by atoms with Gasteiger partial charge in [0.05, 0.1) is 41.2 Å². The van der Waals surface area contributed by atoms with E-state index in [-0.39, 0.29) is 17.8 Å². The van der Waals surface area contributed by atoms with Gasteiger partial charge in [-0.1, -0.05) is 24.3 Å². The van der Waals surface area contributed by atoms with Crippen molar-refractivity contribution in [2.45, 2.75) is 63.8 Å². The first-order chi connectivity index (χ1) is 28.3. The lowest BCUT2D eigenvalue weighted by molar-refractivity contribution is -0.120. The Hall–Kier alpha value is -6.00. The van der Waals surface area contributed by atoms with Crippen LogP contribution in [0.2, 0.25) is 0 Å². The third-order valence-corrected chi connectivity index (χ3v) is 13.2. The molecule has 0 radical (unpaired) electrons. The van der Waals surface area contributed by atoms with Crippen LogP contribution in [0.5, 0.6) is 5.75 Å². The van der Waals surface area contributed by atoms with Gasteiger partial charge in [-0.05, 0) is 100 Å². The van der Waals surface area contributed by atoms with E-state index in [2.05, 4.69) is 60.6 Å². The molecule has 1 aliphatic carbocycles. The van der Waals surface area contributed by atoms with Crippen LogP contribution in [0.25, 0.3) is 21.7 Å². The number of urea groups is 1. The van der Waals surface area contributed by atoms with Crippen LogP contribution in [0.1, 0.15) is 79.8 Å². The van der Waals surface area contributed by atoms with Crippen LogP contribution in [-0.2, 0) is 4.79 Å². The fourth-order valence-electron chi connectivity index (χ4n) is 9.82. The number of methoxy groups -OCH3 is 1. The first-order valence-corrected chi connectivity index (χ1v) is 20.6. The second kappa shape index (κ2) is 15.7. The maximum atomic E-state index is 13.0. The molecule has 3 aliphatic heterocycles. The molecule has 9 rings (SSSR count). The minimum absolute atomic E-state index is 0.219. The van der Waals surface area contributed by atoms with Crippen LogP contribution in [0.15, 0.2) is 73.2 Å². The number of nitriles is 1. The second-order valence-electron chi connectivity index (χ2n) is 16.6. The van der Waals surface area contributed by atoms with Gasteiger partial charge >= 0.3 is 6.03 Å². The fourth-order valence-corrected chi connectivity index (χ4v) is 9.82. The van der Waals surface area contributed by atoms with Crippen molar-refractivity contribution >= 4 is 56.6 Å². The van der Waals surface area contributed by atoms with Crippen molar-refractivity contribution in [1.82, 2.24) is 25.0 Å². The summed E-state index contributed by atoms with van der Waals surface area (Å²) in [6, 6.07) is 19.9. The number of benzene rings is 3. The Morgan fingerprint density at radius 1 is 0.931 bits per heavy atom.